The van der Waals surface area contributed by atoms with Crippen molar-refractivity contribution in [2.45, 2.75) is 24.8 Å². The van der Waals surface area contributed by atoms with Gasteiger partial charge in [-0.2, -0.15) is 0 Å². The highest BCUT2D eigenvalue weighted by Crippen LogP contribution is 2.19. The number of carbonyl (C=O) groups excluding carboxylic acids is 2. The van der Waals surface area contributed by atoms with E-state index in [1.807, 2.05) is 6.92 Å². The van der Waals surface area contributed by atoms with Crippen LogP contribution in [0.3, 0.4) is 0 Å². The number of nitrogens with one attached hydrogen (secondary N) is 2. The minimum atomic E-state index is -3.95. The number of hydrogen-bond donors (Lipinski definition) is 2. The molecule has 32 heavy (non-hydrogen) atoms. The molecule has 0 radical (unpaired) electrons. The van der Waals surface area contributed by atoms with Gasteiger partial charge in [0.2, 0.25) is 0 Å². The molecule has 0 aliphatic carbocycles. The van der Waals surface area contributed by atoms with Crippen LogP contribution in [0.1, 0.15) is 22.8 Å². The zero-order valence-electron chi connectivity index (χ0n) is 17.3. The quantitative estimate of drug-likeness (QED) is 0.521. The van der Waals surface area contributed by atoms with E-state index in [9.17, 15) is 22.4 Å². The van der Waals surface area contributed by atoms with Crippen LogP contribution in [0, 0.1) is 12.7 Å². The molecule has 0 saturated heterocycles. The zero-order chi connectivity index (χ0) is 23.3. The monoisotopic (exact) mass is 456 g/mol. The van der Waals surface area contributed by atoms with Crippen LogP contribution in [0.15, 0.2) is 77.7 Å². The Hall–Kier alpha value is -3.72. The van der Waals surface area contributed by atoms with E-state index in [0.717, 1.165) is 11.6 Å². The number of benzene rings is 3. The molecule has 0 fully saturated rings. The van der Waals surface area contributed by atoms with Crippen molar-refractivity contribution in [3.63, 3.8) is 0 Å². The van der Waals surface area contributed by atoms with Crippen LogP contribution in [-0.2, 0) is 19.6 Å². The van der Waals surface area contributed by atoms with Gasteiger partial charge < -0.3 is 10.1 Å². The van der Waals surface area contributed by atoms with E-state index in [4.69, 9.17) is 4.74 Å². The minimum absolute atomic E-state index is 0.0457. The van der Waals surface area contributed by atoms with Crippen molar-refractivity contribution in [1.82, 2.24) is 0 Å². The first-order chi connectivity index (χ1) is 15.2. The maximum atomic E-state index is 13.7. The third-order valence-electron chi connectivity index (χ3n) is 4.47. The Bertz CT molecular complexity index is 1240. The molecular formula is C23H21FN2O5S. The SMILES string of the molecule is Cc1ccc(NS(=O)(=O)c2cccc(C(=O)OC(C)C(=O)Nc3ccccc3F)c2)cc1. The van der Waals surface area contributed by atoms with E-state index in [1.165, 1.54) is 43.3 Å². The topological polar surface area (TPSA) is 102 Å². The molecule has 3 rings (SSSR count). The van der Waals surface area contributed by atoms with Crippen molar-refractivity contribution < 1.29 is 27.1 Å². The average molecular weight is 456 g/mol. The zero-order valence-corrected chi connectivity index (χ0v) is 18.1. The fourth-order valence-corrected chi connectivity index (χ4v) is 3.81. The molecular weight excluding hydrogens is 435 g/mol. The van der Waals surface area contributed by atoms with Crippen molar-refractivity contribution >= 4 is 33.3 Å². The fraction of sp³-hybridized carbons (Fsp3) is 0.130. The molecule has 1 amide bonds. The lowest BCUT2D eigenvalue weighted by atomic mass is 10.2. The smallest absolute Gasteiger partial charge is 0.338 e. The molecule has 0 heterocycles. The van der Waals surface area contributed by atoms with Crippen LogP contribution in [0.4, 0.5) is 15.8 Å². The van der Waals surface area contributed by atoms with Gasteiger partial charge in [0, 0.05) is 5.69 Å². The third-order valence-corrected chi connectivity index (χ3v) is 5.85. The number of anilines is 2. The van der Waals surface area contributed by atoms with E-state index in [-0.39, 0.29) is 16.1 Å². The van der Waals surface area contributed by atoms with Crippen molar-refractivity contribution in [3.05, 3.63) is 89.7 Å². The molecule has 3 aromatic rings. The lowest BCUT2D eigenvalue weighted by molar-refractivity contribution is -0.123. The molecule has 0 saturated carbocycles. The van der Waals surface area contributed by atoms with E-state index in [1.54, 1.807) is 30.3 Å². The second-order valence-corrected chi connectivity index (χ2v) is 8.70. The second-order valence-electron chi connectivity index (χ2n) is 7.02. The summed E-state index contributed by atoms with van der Waals surface area (Å²) in [6.45, 7) is 3.21. The van der Waals surface area contributed by atoms with Crippen molar-refractivity contribution in [2.24, 2.45) is 0 Å². The van der Waals surface area contributed by atoms with E-state index >= 15 is 0 Å². The van der Waals surface area contributed by atoms with E-state index in [2.05, 4.69) is 10.0 Å². The van der Waals surface area contributed by atoms with Crippen molar-refractivity contribution in [2.75, 3.05) is 10.0 Å². The maximum absolute atomic E-state index is 13.7. The largest absolute Gasteiger partial charge is 0.449 e. The second kappa shape index (κ2) is 9.61. The van der Waals surface area contributed by atoms with Gasteiger partial charge in [0.25, 0.3) is 15.9 Å². The molecule has 3 aromatic carbocycles. The molecule has 2 N–H and O–H groups in total. The van der Waals surface area contributed by atoms with Gasteiger partial charge in [-0.3, -0.25) is 9.52 Å². The Morgan fingerprint density at radius 3 is 2.34 bits per heavy atom. The highest BCUT2D eigenvalue weighted by atomic mass is 32.2. The highest BCUT2D eigenvalue weighted by molar-refractivity contribution is 7.92. The Balaban J connectivity index is 1.69. The molecule has 0 bridgehead atoms. The summed E-state index contributed by atoms with van der Waals surface area (Å²) in [6, 6.07) is 17.6. The van der Waals surface area contributed by atoms with Crippen LogP contribution < -0.4 is 10.0 Å². The Labute approximate surface area is 185 Å². The standard InChI is InChI=1S/C23H21FN2O5S/c1-15-10-12-18(13-11-15)26-32(29,30)19-7-5-6-17(14-19)23(28)31-16(2)22(27)25-21-9-4-3-8-20(21)24/h3-14,16,26H,1-2H3,(H,25,27). The normalized spacial score (nSPS) is 12.0. The molecule has 1 unspecified atom stereocenters. The van der Waals surface area contributed by atoms with Gasteiger partial charge in [-0.1, -0.05) is 35.9 Å². The third kappa shape index (κ3) is 5.70. The lowest BCUT2D eigenvalue weighted by Gasteiger charge is -2.14. The summed E-state index contributed by atoms with van der Waals surface area (Å²) in [5.74, 6) is -2.25. The summed E-state index contributed by atoms with van der Waals surface area (Å²) in [4.78, 5) is 24.5. The number of esters is 1. The van der Waals surface area contributed by atoms with Gasteiger partial charge in [0.05, 0.1) is 16.1 Å². The molecule has 0 aliphatic heterocycles. The summed E-state index contributed by atoms with van der Waals surface area (Å²) in [6.07, 6.45) is -1.24. The van der Waals surface area contributed by atoms with Gasteiger partial charge in [0.1, 0.15) is 5.82 Å². The van der Waals surface area contributed by atoms with Crippen molar-refractivity contribution in [3.8, 4) is 0 Å². The Kier molecular flexibility index (Phi) is 6.89. The Morgan fingerprint density at radius 1 is 0.969 bits per heavy atom. The summed E-state index contributed by atoms with van der Waals surface area (Å²) >= 11 is 0. The predicted molar refractivity (Wildman–Crippen MR) is 118 cm³/mol. The predicted octanol–water partition coefficient (Wildman–Crippen LogP) is 4.12. The summed E-state index contributed by atoms with van der Waals surface area (Å²) in [5, 5.41) is 2.34. The van der Waals surface area contributed by atoms with Crippen molar-refractivity contribution in [1.29, 1.82) is 0 Å². The van der Waals surface area contributed by atoms with Gasteiger partial charge >= 0.3 is 5.97 Å². The lowest BCUT2D eigenvalue weighted by Crippen LogP contribution is -2.30. The minimum Gasteiger partial charge on any atom is -0.449 e. The molecule has 0 spiro atoms. The van der Waals surface area contributed by atoms with Crippen LogP contribution in [0.25, 0.3) is 0 Å². The van der Waals surface area contributed by atoms with Gasteiger partial charge in [-0.05, 0) is 56.3 Å². The fourth-order valence-electron chi connectivity index (χ4n) is 2.70. The van der Waals surface area contributed by atoms with Crippen LogP contribution in [-0.4, -0.2) is 26.4 Å². The maximum Gasteiger partial charge on any atom is 0.338 e. The highest BCUT2D eigenvalue weighted by Gasteiger charge is 2.22. The molecule has 166 valence electrons. The van der Waals surface area contributed by atoms with Gasteiger partial charge in [0.15, 0.2) is 6.10 Å². The first-order valence-corrected chi connectivity index (χ1v) is 11.1. The Morgan fingerprint density at radius 2 is 1.66 bits per heavy atom. The number of hydrogen-bond acceptors (Lipinski definition) is 5. The number of aryl methyl sites for hydroxylation is 1. The first kappa shape index (κ1) is 23.0. The average Bonchev–Trinajstić information content (AvgIpc) is 2.76. The van der Waals surface area contributed by atoms with Gasteiger partial charge in [-0.25, -0.2) is 17.6 Å². The number of carbonyl (C=O) groups is 2. The number of rotatable bonds is 7. The van der Waals surface area contributed by atoms with Crippen LogP contribution in [0.2, 0.25) is 0 Å². The molecule has 0 aromatic heterocycles. The summed E-state index contributed by atoms with van der Waals surface area (Å²) in [5.41, 5.74) is 1.26. The number of para-hydroxylation sites is 1. The molecule has 7 nitrogen and oxygen atoms in total. The summed E-state index contributed by atoms with van der Waals surface area (Å²) < 4.78 is 46.6. The molecule has 1 atom stereocenters. The molecule has 0 aliphatic rings. The molecule has 9 heteroatoms. The van der Waals surface area contributed by atoms with Crippen LogP contribution >= 0.6 is 0 Å². The number of sulfonamides is 1. The van der Waals surface area contributed by atoms with E-state index in [0.29, 0.717) is 5.69 Å². The number of ether oxygens (including phenoxy) is 1. The number of halogens is 1. The number of amides is 1. The summed E-state index contributed by atoms with van der Waals surface area (Å²) in [7, 11) is -3.95. The first-order valence-electron chi connectivity index (χ1n) is 9.61. The van der Waals surface area contributed by atoms with Gasteiger partial charge in [-0.15, -0.1) is 0 Å². The van der Waals surface area contributed by atoms with E-state index < -0.39 is 33.8 Å². The van der Waals surface area contributed by atoms with Crippen LogP contribution in [0.5, 0.6) is 0 Å².